The van der Waals surface area contributed by atoms with Crippen molar-refractivity contribution in [1.29, 1.82) is 0 Å². The summed E-state index contributed by atoms with van der Waals surface area (Å²) in [7, 11) is 0. The fourth-order valence-corrected chi connectivity index (χ4v) is 0.878. The molecule has 4 N–H and O–H groups in total. The summed E-state index contributed by atoms with van der Waals surface area (Å²) in [4.78, 5) is 11.3. The molecule has 0 rings (SSSR count). The van der Waals surface area contributed by atoms with E-state index in [4.69, 9.17) is 10.8 Å². The van der Waals surface area contributed by atoms with Crippen LogP contribution in [0.15, 0.2) is 0 Å². The van der Waals surface area contributed by atoms with Gasteiger partial charge in [0.2, 0.25) is 5.91 Å². The standard InChI is InChI=1S/C9H20N2O2/c1-4-6(2)8(10)9(13)11-5-7(3)12/h6-8,12H,4-5,10H2,1-3H3,(H,11,13)/t6?,7-,8?/m0/s1. The van der Waals surface area contributed by atoms with E-state index in [9.17, 15) is 4.79 Å². The predicted octanol–water partition coefficient (Wildman–Crippen LogP) is -0.143. The van der Waals surface area contributed by atoms with Gasteiger partial charge in [-0.05, 0) is 12.8 Å². The van der Waals surface area contributed by atoms with Gasteiger partial charge in [-0.25, -0.2) is 0 Å². The zero-order chi connectivity index (χ0) is 10.4. The highest BCUT2D eigenvalue weighted by molar-refractivity contribution is 5.81. The summed E-state index contributed by atoms with van der Waals surface area (Å²) in [6.45, 7) is 5.82. The molecule has 0 aliphatic rings. The van der Waals surface area contributed by atoms with Gasteiger partial charge in [0.05, 0.1) is 12.1 Å². The van der Waals surface area contributed by atoms with Gasteiger partial charge < -0.3 is 16.2 Å². The van der Waals surface area contributed by atoms with E-state index in [1.165, 1.54) is 0 Å². The number of carbonyl (C=O) groups is 1. The number of aliphatic hydroxyl groups is 1. The van der Waals surface area contributed by atoms with Gasteiger partial charge in [0, 0.05) is 6.54 Å². The maximum atomic E-state index is 11.3. The molecular weight excluding hydrogens is 168 g/mol. The van der Waals surface area contributed by atoms with E-state index in [2.05, 4.69) is 5.32 Å². The average molecular weight is 188 g/mol. The van der Waals surface area contributed by atoms with E-state index in [1.807, 2.05) is 13.8 Å². The molecule has 0 aromatic rings. The van der Waals surface area contributed by atoms with Crippen molar-refractivity contribution in [2.75, 3.05) is 6.54 Å². The van der Waals surface area contributed by atoms with Crippen LogP contribution in [0, 0.1) is 5.92 Å². The summed E-state index contributed by atoms with van der Waals surface area (Å²) in [6.07, 6.45) is 0.358. The van der Waals surface area contributed by atoms with Crippen molar-refractivity contribution in [3.8, 4) is 0 Å². The van der Waals surface area contributed by atoms with Crippen molar-refractivity contribution in [1.82, 2.24) is 5.32 Å². The molecule has 0 fully saturated rings. The average Bonchev–Trinajstić information content (AvgIpc) is 2.11. The Morgan fingerprint density at radius 3 is 2.46 bits per heavy atom. The Morgan fingerprint density at radius 1 is 1.54 bits per heavy atom. The van der Waals surface area contributed by atoms with Crippen molar-refractivity contribution in [3.63, 3.8) is 0 Å². The smallest absolute Gasteiger partial charge is 0.237 e. The highest BCUT2D eigenvalue weighted by Gasteiger charge is 2.18. The summed E-state index contributed by atoms with van der Waals surface area (Å²) in [5.41, 5.74) is 5.66. The highest BCUT2D eigenvalue weighted by Crippen LogP contribution is 2.04. The van der Waals surface area contributed by atoms with Crippen LogP contribution in [0.5, 0.6) is 0 Å². The number of amides is 1. The number of hydrogen-bond acceptors (Lipinski definition) is 3. The summed E-state index contributed by atoms with van der Waals surface area (Å²) in [5.74, 6) is -0.00995. The van der Waals surface area contributed by atoms with Gasteiger partial charge in [0.25, 0.3) is 0 Å². The van der Waals surface area contributed by atoms with Crippen LogP contribution < -0.4 is 11.1 Å². The Balaban J connectivity index is 3.82. The van der Waals surface area contributed by atoms with Gasteiger partial charge >= 0.3 is 0 Å². The summed E-state index contributed by atoms with van der Waals surface area (Å²) >= 11 is 0. The first-order valence-electron chi connectivity index (χ1n) is 4.70. The molecule has 0 radical (unpaired) electrons. The molecule has 3 atom stereocenters. The Kier molecular flexibility index (Phi) is 5.66. The lowest BCUT2D eigenvalue weighted by molar-refractivity contribution is -0.123. The fraction of sp³-hybridized carbons (Fsp3) is 0.889. The molecule has 0 aliphatic carbocycles. The molecule has 0 heterocycles. The monoisotopic (exact) mass is 188 g/mol. The van der Waals surface area contributed by atoms with Crippen molar-refractivity contribution >= 4 is 5.91 Å². The van der Waals surface area contributed by atoms with Crippen LogP contribution in [-0.4, -0.2) is 29.7 Å². The van der Waals surface area contributed by atoms with Crippen molar-refractivity contribution in [3.05, 3.63) is 0 Å². The summed E-state index contributed by atoms with van der Waals surface area (Å²) in [5, 5.41) is 11.5. The van der Waals surface area contributed by atoms with E-state index in [0.717, 1.165) is 6.42 Å². The third kappa shape index (κ3) is 4.85. The number of rotatable bonds is 5. The van der Waals surface area contributed by atoms with E-state index < -0.39 is 12.1 Å². The molecule has 13 heavy (non-hydrogen) atoms. The lowest BCUT2D eigenvalue weighted by atomic mass is 9.99. The predicted molar refractivity (Wildman–Crippen MR) is 52.1 cm³/mol. The third-order valence-corrected chi connectivity index (χ3v) is 2.13. The minimum Gasteiger partial charge on any atom is -0.392 e. The molecule has 0 bridgehead atoms. The van der Waals surface area contributed by atoms with E-state index in [1.54, 1.807) is 6.92 Å². The quantitative estimate of drug-likeness (QED) is 0.562. The van der Waals surface area contributed by atoms with Crippen LogP contribution in [0.2, 0.25) is 0 Å². The molecule has 2 unspecified atom stereocenters. The van der Waals surface area contributed by atoms with Crippen LogP contribution in [0.4, 0.5) is 0 Å². The van der Waals surface area contributed by atoms with E-state index in [-0.39, 0.29) is 18.4 Å². The second kappa shape index (κ2) is 5.94. The number of nitrogens with two attached hydrogens (primary N) is 1. The molecule has 78 valence electrons. The molecule has 0 aliphatic heterocycles. The van der Waals surface area contributed by atoms with Gasteiger partial charge in [-0.2, -0.15) is 0 Å². The number of aliphatic hydroxyl groups excluding tert-OH is 1. The van der Waals surface area contributed by atoms with Gasteiger partial charge in [0.15, 0.2) is 0 Å². The number of nitrogens with one attached hydrogen (secondary N) is 1. The Hall–Kier alpha value is -0.610. The molecule has 4 heteroatoms. The zero-order valence-corrected chi connectivity index (χ0v) is 8.58. The first-order valence-corrected chi connectivity index (χ1v) is 4.70. The SMILES string of the molecule is CCC(C)C(N)C(=O)NC[C@H](C)O. The van der Waals surface area contributed by atoms with Crippen LogP contribution in [0.1, 0.15) is 27.2 Å². The van der Waals surface area contributed by atoms with Crippen molar-refractivity contribution < 1.29 is 9.90 Å². The van der Waals surface area contributed by atoms with Gasteiger partial charge in [-0.1, -0.05) is 20.3 Å². The van der Waals surface area contributed by atoms with E-state index in [0.29, 0.717) is 0 Å². The number of hydrogen-bond donors (Lipinski definition) is 3. The maximum Gasteiger partial charge on any atom is 0.237 e. The lowest BCUT2D eigenvalue weighted by Gasteiger charge is -2.18. The molecule has 1 amide bonds. The topological polar surface area (TPSA) is 75.4 Å². The second-order valence-corrected chi connectivity index (χ2v) is 3.51. The van der Waals surface area contributed by atoms with Gasteiger partial charge in [0.1, 0.15) is 0 Å². The zero-order valence-electron chi connectivity index (χ0n) is 8.58. The third-order valence-electron chi connectivity index (χ3n) is 2.13. The normalized spacial score (nSPS) is 17.6. The highest BCUT2D eigenvalue weighted by atomic mass is 16.3. The van der Waals surface area contributed by atoms with Crippen LogP contribution >= 0.6 is 0 Å². The lowest BCUT2D eigenvalue weighted by Crippen LogP contribution is -2.46. The molecule has 0 saturated heterocycles. The first-order chi connectivity index (χ1) is 5.99. The van der Waals surface area contributed by atoms with Gasteiger partial charge in [-0.3, -0.25) is 4.79 Å². The minimum atomic E-state index is -0.520. The van der Waals surface area contributed by atoms with Crippen molar-refractivity contribution in [2.24, 2.45) is 11.7 Å². The van der Waals surface area contributed by atoms with Crippen LogP contribution in [0.3, 0.4) is 0 Å². The molecular formula is C9H20N2O2. The largest absolute Gasteiger partial charge is 0.392 e. The molecule has 0 spiro atoms. The molecule has 0 aromatic carbocycles. The Morgan fingerprint density at radius 2 is 2.08 bits per heavy atom. The fourth-order valence-electron chi connectivity index (χ4n) is 0.878. The second-order valence-electron chi connectivity index (χ2n) is 3.51. The van der Waals surface area contributed by atoms with Crippen LogP contribution in [-0.2, 0) is 4.79 Å². The van der Waals surface area contributed by atoms with E-state index >= 15 is 0 Å². The Labute approximate surface area is 79.5 Å². The number of carbonyl (C=O) groups excluding carboxylic acids is 1. The van der Waals surface area contributed by atoms with Crippen molar-refractivity contribution in [2.45, 2.75) is 39.3 Å². The minimum absolute atomic E-state index is 0.175. The Bertz CT molecular complexity index is 160. The first kappa shape index (κ1) is 12.4. The van der Waals surface area contributed by atoms with Gasteiger partial charge in [-0.15, -0.1) is 0 Å². The molecule has 0 saturated carbocycles. The van der Waals surface area contributed by atoms with Crippen LogP contribution in [0.25, 0.3) is 0 Å². The summed E-state index contributed by atoms with van der Waals surface area (Å²) < 4.78 is 0. The maximum absolute atomic E-state index is 11.3. The molecule has 4 nitrogen and oxygen atoms in total. The summed E-state index contributed by atoms with van der Waals surface area (Å²) in [6, 6.07) is -0.469. The molecule has 0 aromatic heterocycles.